The Labute approximate surface area is 219 Å². The number of hydrogen-bond acceptors (Lipinski definition) is 10. The highest BCUT2D eigenvalue weighted by Crippen LogP contribution is 2.42. The van der Waals surface area contributed by atoms with Gasteiger partial charge in [0, 0.05) is 78.8 Å². The summed E-state index contributed by atoms with van der Waals surface area (Å²) in [5.74, 6) is 1.80. The minimum atomic E-state index is -0.223. The van der Waals surface area contributed by atoms with Crippen LogP contribution in [-0.2, 0) is 15.9 Å². The number of morpholine rings is 1. The van der Waals surface area contributed by atoms with Crippen molar-refractivity contribution in [2.24, 2.45) is 4.99 Å². The van der Waals surface area contributed by atoms with Crippen LogP contribution in [0.1, 0.15) is 32.8 Å². The molecule has 6 heterocycles. The summed E-state index contributed by atoms with van der Waals surface area (Å²) in [6.45, 7) is 12.9. The van der Waals surface area contributed by atoms with Crippen molar-refractivity contribution in [2.45, 2.75) is 44.8 Å². The molecular formula is C24H31IN8O2. The summed E-state index contributed by atoms with van der Waals surface area (Å²) < 4.78 is 12.4. The predicted molar refractivity (Wildman–Crippen MR) is 142 cm³/mol. The van der Waals surface area contributed by atoms with E-state index in [1.807, 2.05) is 12.4 Å². The molecule has 0 aromatic carbocycles. The van der Waals surface area contributed by atoms with Crippen molar-refractivity contribution in [3.63, 3.8) is 0 Å². The van der Waals surface area contributed by atoms with E-state index in [9.17, 15) is 0 Å². The molecule has 2 fully saturated rings. The van der Waals surface area contributed by atoms with Crippen molar-refractivity contribution < 1.29 is 9.47 Å². The lowest BCUT2D eigenvalue weighted by Gasteiger charge is -2.37. The first-order valence-electron chi connectivity index (χ1n) is 12.3. The fourth-order valence-corrected chi connectivity index (χ4v) is 5.69. The molecule has 0 bridgehead atoms. The Bertz CT molecular complexity index is 1150. The second-order valence-corrected chi connectivity index (χ2v) is 11.5. The Morgan fingerprint density at radius 2 is 1.74 bits per heavy atom. The first kappa shape index (κ1) is 23.1. The molecule has 0 aliphatic carbocycles. The molecule has 2 aromatic heterocycles. The smallest absolute Gasteiger partial charge is 0.288 e. The molecule has 4 aliphatic rings. The van der Waals surface area contributed by atoms with Gasteiger partial charge in [0.05, 0.1) is 31.0 Å². The van der Waals surface area contributed by atoms with Gasteiger partial charge in [0.2, 0.25) is 5.95 Å². The Balaban J connectivity index is 1.35. The van der Waals surface area contributed by atoms with Gasteiger partial charge in [0.15, 0.2) is 3.83 Å². The fourth-order valence-electron chi connectivity index (χ4n) is 5.41. The summed E-state index contributed by atoms with van der Waals surface area (Å²) in [7, 11) is 0. The molecule has 2 aromatic rings. The lowest BCUT2D eigenvalue weighted by atomic mass is 9.99. The fraction of sp³-hybridized carbons (Fsp3) is 0.625. The average Bonchev–Trinajstić information content (AvgIpc) is 3.56. The van der Waals surface area contributed by atoms with Gasteiger partial charge in [-0.2, -0.15) is 4.98 Å². The zero-order valence-corrected chi connectivity index (χ0v) is 22.7. The van der Waals surface area contributed by atoms with Crippen molar-refractivity contribution in [1.29, 1.82) is 0 Å². The van der Waals surface area contributed by atoms with Crippen LogP contribution in [0.15, 0.2) is 17.4 Å². The van der Waals surface area contributed by atoms with E-state index in [0.717, 1.165) is 78.4 Å². The molecule has 0 amide bonds. The summed E-state index contributed by atoms with van der Waals surface area (Å²) >= 11 is 2.14. The number of halogens is 1. The SMILES string of the molecule is CC1(C)CN=C(N2CC[C@](C)(N3CCc4c(-c5cnc(I)nc5)nc(N5CCOCC5)nc43)C2)O1. The van der Waals surface area contributed by atoms with E-state index in [-0.39, 0.29) is 11.1 Å². The number of aromatic nitrogens is 4. The highest BCUT2D eigenvalue weighted by Gasteiger charge is 2.46. The second-order valence-electron chi connectivity index (χ2n) is 10.5. The van der Waals surface area contributed by atoms with E-state index in [2.05, 4.69) is 73.0 Å². The largest absolute Gasteiger partial charge is 0.457 e. The highest BCUT2D eigenvalue weighted by atomic mass is 127. The van der Waals surface area contributed by atoms with Crippen LogP contribution in [0.4, 0.5) is 11.8 Å². The zero-order valence-electron chi connectivity index (χ0n) is 20.5. The number of likely N-dealkylation sites (tertiary alicyclic amines) is 1. The normalized spacial score (nSPS) is 25.6. The molecular weight excluding hydrogens is 559 g/mol. The minimum absolute atomic E-state index is 0.0691. The van der Waals surface area contributed by atoms with Crippen LogP contribution < -0.4 is 9.80 Å². The first-order valence-corrected chi connectivity index (χ1v) is 13.4. The van der Waals surface area contributed by atoms with Gasteiger partial charge >= 0.3 is 0 Å². The van der Waals surface area contributed by atoms with Crippen molar-refractivity contribution in [2.75, 3.05) is 62.3 Å². The molecule has 0 radical (unpaired) electrons. The van der Waals surface area contributed by atoms with Gasteiger partial charge in [-0.15, -0.1) is 0 Å². The average molecular weight is 590 g/mol. The lowest BCUT2D eigenvalue weighted by Crippen LogP contribution is -2.49. The lowest BCUT2D eigenvalue weighted by molar-refractivity contribution is 0.107. The second kappa shape index (κ2) is 8.68. The molecule has 1 atom stereocenters. The van der Waals surface area contributed by atoms with Crippen LogP contribution in [0.3, 0.4) is 0 Å². The molecule has 0 saturated carbocycles. The molecule has 11 heteroatoms. The Hall–Kier alpha value is -2.28. The summed E-state index contributed by atoms with van der Waals surface area (Å²) in [5.41, 5.74) is 2.77. The van der Waals surface area contributed by atoms with Gasteiger partial charge in [0.25, 0.3) is 6.02 Å². The van der Waals surface area contributed by atoms with E-state index in [1.54, 1.807) is 0 Å². The molecule has 6 rings (SSSR count). The summed E-state index contributed by atoms with van der Waals surface area (Å²) in [4.78, 5) is 30.8. The highest BCUT2D eigenvalue weighted by molar-refractivity contribution is 14.1. The third kappa shape index (κ3) is 4.30. The van der Waals surface area contributed by atoms with Crippen molar-refractivity contribution in [1.82, 2.24) is 24.8 Å². The first-order chi connectivity index (χ1) is 16.8. The molecule has 0 N–H and O–H groups in total. The summed E-state index contributed by atoms with van der Waals surface area (Å²) in [6.07, 6.45) is 5.67. The van der Waals surface area contributed by atoms with Crippen LogP contribution in [0, 0.1) is 3.83 Å². The minimum Gasteiger partial charge on any atom is -0.457 e. The third-order valence-corrected chi connectivity index (χ3v) is 7.90. The topological polar surface area (TPSA) is 92.1 Å². The van der Waals surface area contributed by atoms with E-state index < -0.39 is 0 Å². The van der Waals surface area contributed by atoms with E-state index >= 15 is 0 Å². The van der Waals surface area contributed by atoms with E-state index in [1.165, 1.54) is 5.56 Å². The van der Waals surface area contributed by atoms with E-state index in [0.29, 0.717) is 19.8 Å². The van der Waals surface area contributed by atoms with Crippen molar-refractivity contribution >= 4 is 40.4 Å². The summed E-state index contributed by atoms with van der Waals surface area (Å²) in [5, 5.41) is 0. The van der Waals surface area contributed by atoms with Gasteiger partial charge in [-0.25, -0.2) is 19.9 Å². The number of nitrogens with zero attached hydrogens (tertiary/aromatic N) is 8. The number of rotatable bonds is 3. The van der Waals surface area contributed by atoms with Crippen LogP contribution in [0.5, 0.6) is 0 Å². The van der Waals surface area contributed by atoms with Crippen LogP contribution >= 0.6 is 22.6 Å². The maximum Gasteiger partial charge on any atom is 0.288 e. The molecule has 186 valence electrons. The quantitative estimate of drug-likeness (QED) is 0.395. The zero-order chi connectivity index (χ0) is 24.2. The summed E-state index contributed by atoms with van der Waals surface area (Å²) in [6, 6.07) is 0.784. The Morgan fingerprint density at radius 1 is 0.971 bits per heavy atom. The van der Waals surface area contributed by atoms with Gasteiger partial charge in [-0.1, -0.05) is 0 Å². The Morgan fingerprint density at radius 3 is 2.46 bits per heavy atom. The number of aliphatic imine (C=N–C) groups is 1. The Kier molecular flexibility index (Phi) is 5.74. The van der Waals surface area contributed by atoms with Crippen LogP contribution in [0.25, 0.3) is 11.3 Å². The molecule has 2 saturated heterocycles. The monoisotopic (exact) mass is 590 g/mol. The van der Waals surface area contributed by atoms with Gasteiger partial charge in [0.1, 0.15) is 11.4 Å². The van der Waals surface area contributed by atoms with Gasteiger partial charge in [-0.05, 0) is 33.6 Å². The molecule has 4 aliphatic heterocycles. The van der Waals surface area contributed by atoms with Crippen molar-refractivity contribution in [3.05, 3.63) is 21.8 Å². The maximum absolute atomic E-state index is 6.14. The standard InChI is InChI=1S/C24H31IN8O2/c1-23(2)14-28-22(35-23)32-7-5-24(3,15-32)33-6-4-17-18(16-12-26-20(25)27-13-16)29-21(30-19(17)33)31-8-10-34-11-9-31/h12-13H,4-11,14-15H2,1-3H3/t24-/m0/s1. The number of amidine groups is 1. The number of fused-ring (bicyclic) bond motifs is 1. The van der Waals surface area contributed by atoms with Gasteiger partial charge < -0.3 is 24.2 Å². The number of hydrogen-bond donors (Lipinski definition) is 0. The maximum atomic E-state index is 6.14. The van der Waals surface area contributed by atoms with Gasteiger partial charge in [-0.3, -0.25) is 0 Å². The molecule has 10 nitrogen and oxygen atoms in total. The van der Waals surface area contributed by atoms with Crippen LogP contribution in [-0.4, -0.2) is 94.5 Å². The van der Waals surface area contributed by atoms with Crippen molar-refractivity contribution in [3.8, 4) is 11.3 Å². The molecule has 0 spiro atoms. The van der Waals surface area contributed by atoms with Crippen LogP contribution in [0.2, 0.25) is 0 Å². The molecule has 0 unspecified atom stereocenters. The third-order valence-electron chi connectivity index (χ3n) is 7.34. The number of anilines is 2. The predicted octanol–water partition coefficient (Wildman–Crippen LogP) is 2.37. The number of ether oxygens (including phenoxy) is 2. The molecule has 35 heavy (non-hydrogen) atoms. The van der Waals surface area contributed by atoms with E-state index in [4.69, 9.17) is 19.4 Å².